The van der Waals surface area contributed by atoms with Crippen LogP contribution >= 0.6 is 0 Å². The summed E-state index contributed by atoms with van der Waals surface area (Å²) < 4.78 is 17.7. The average Bonchev–Trinajstić information content (AvgIpc) is 3.84. The number of benzene rings is 2. The van der Waals surface area contributed by atoms with Gasteiger partial charge in [0.2, 0.25) is 35.3 Å². The lowest BCUT2D eigenvalue weighted by Gasteiger charge is -2.43. The molecule has 2 fully saturated rings. The van der Waals surface area contributed by atoms with Crippen molar-refractivity contribution in [1.29, 1.82) is 0 Å². The summed E-state index contributed by atoms with van der Waals surface area (Å²) in [5.41, 5.74) is -4.40. The number of phenolic OH excluding ortho intramolecular Hbond substituents is 2. The first-order valence-corrected chi connectivity index (χ1v) is 24.8. The highest BCUT2D eigenvalue weighted by molar-refractivity contribution is 6.31. The number of likely N-dealkylation sites (N-methyl/N-ethyl adjacent to an activating group) is 1. The largest absolute Gasteiger partial charge is 0.507 e. The van der Waals surface area contributed by atoms with Gasteiger partial charge in [0, 0.05) is 42.5 Å². The Balaban J connectivity index is 1.17. The quantitative estimate of drug-likeness (QED) is 0.0729. The van der Waals surface area contributed by atoms with E-state index >= 15 is 0 Å². The normalized spacial score (nSPS) is 25.2. The molecule has 9 N–H and O–H groups in total. The second kappa shape index (κ2) is 23.0. The fourth-order valence-corrected chi connectivity index (χ4v) is 10.5. The molecule has 0 aromatic heterocycles. The molecule has 2 heterocycles. The number of aliphatic hydroxyl groups is 3. The third kappa shape index (κ3) is 11.5. The summed E-state index contributed by atoms with van der Waals surface area (Å²) in [6.07, 6.45) is -5.33. The van der Waals surface area contributed by atoms with Gasteiger partial charge in [-0.25, -0.2) is 0 Å². The number of amides is 5. The fourth-order valence-electron chi connectivity index (χ4n) is 10.5. The van der Waals surface area contributed by atoms with Crippen LogP contribution in [0.2, 0.25) is 0 Å². The number of aliphatic hydroxyl groups excluding tert-OH is 2. The second-order valence-corrected chi connectivity index (χ2v) is 20.3. The topological polar surface area (TPSA) is 320 Å². The van der Waals surface area contributed by atoms with Crippen molar-refractivity contribution in [3.05, 3.63) is 51.6 Å². The van der Waals surface area contributed by atoms with Gasteiger partial charge in [-0.15, -0.1) is 0 Å². The maximum atomic E-state index is 14.2. The molecule has 6 rings (SSSR count). The van der Waals surface area contributed by atoms with Crippen LogP contribution in [0.15, 0.2) is 18.2 Å². The van der Waals surface area contributed by atoms with Crippen LogP contribution in [-0.4, -0.2) is 177 Å². The number of fused-ring (bicyclic) bond motifs is 3. The summed E-state index contributed by atoms with van der Waals surface area (Å²) in [5.74, 6) is -7.22. The molecule has 5 amide bonds. The van der Waals surface area contributed by atoms with E-state index in [1.165, 1.54) is 44.1 Å². The van der Waals surface area contributed by atoms with Gasteiger partial charge in [-0.3, -0.25) is 43.3 Å². The van der Waals surface area contributed by atoms with Gasteiger partial charge in [0.25, 0.3) is 0 Å². The highest BCUT2D eigenvalue weighted by Gasteiger charge is 2.51. The molecule has 0 spiro atoms. The molecule has 2 aromatic carbocycles. The molecule has 2 aliphatic heterocycles. The minimum Gasteiger partial charge on any atom is -0.507 e. The van der Waals surface area contributed by atoms with E-state index in [0.29, 0.717) is 6.42 Å². The summed E-state index contributed by atoms with van der Waals surface area (Å²) in [4.78, 5) is 112. The van der Waals surface area contributed by atoms with Crippen LogP contribution < -0.4 is 26.0 Å². The maximum Gasteiger partial charge on any atom is 0.243 e. The zero-order valence-corrected chi connectivity index (χ0v) is 42.8. The molecule has 2 aliphatic carbocycles. The van der Waals surface area contributed by atoms with Crippen LogP contribution in [-0.2, 0) is 44.7 Å². The third-order valence-corrected chi connectivity index (χ3v) is 14.5. The van der Waals surface area contributed by atoms with Crippen LogP contribution in [0, 0.1) is 11.8 Å². The lowest BCUT2D eigenvalue weighted by molar-refractivity contribution is -0.249. The van der Waals surface area contributed by atoms with E-state index in [9.17, 15) is 63.9 Å². The number of carbonyl (C=O) groups excluding carboxylic acids is 8. The SMILES string of the molecule is CCC(C)[C@@H](C(=O)N[C@@H](C)C(=O)NCC(=O)N1CCC[C@H]1C(=O)N[C@@H](CC(C)C)C(=O)NC1CC(O[C@H]2C[C@](O)(C(=O)CO)Cc3c(O)c4c(c(O)c32)C(=O)c2c(OC)cccc2C4=O)OC(C)C1O)N(C)C. The van der Waals surface area contributed by atoms with Crippen LogP contribution in [0.4, 0.5) is 0 Å². The van der Waals surface area contributed by atoms with Crippen molar-refractivity contribution in [2.24, 2.45) is 11.8 Å². The zero-order valence-electron chi connectivity index (χ0n) is 42.8. The number of phenols is 2. The highest BCUT2D eigenvalue weighted by Crippen LogP contribution is 2.52. The number of nitrogens with one attached hydrogen (secondary N) is 4. The summed E-state index contributed by atoms with van der Waals surface area (Å²) in [5, 5.41) is 67.5. The van der Waals surface area contributed by atoms with E-state index in [4.69, 9.17) is 14.2 Å². The van der Waals surface area contributed by atoms with Crippen LogP contribution in [0.5, 0.6) is 17.2 Å². The molecule has 400 valence electrons. The minimum absolute atomic E-state index is 0.0170. The maximum absolute atomic E-state index is 14.2. The molecule has 0 saturated carbocycles. The molecular weight excluding hydrogens is 953 g/mol. The number of aromatic hydroxyl groups is 2. The number of likely N-dealkylation sites (tertiary alicyclic amines) is 1. The van der Waals surface area contributed by atoms with Crippen molar-refractivity contribution in [1.82, 2.24) is 31.1 Å². The Morgan fingerprint density at radius 3 is 2.27 bits per heavy atom. The van der Waals surface area contributed by atoms with Crippen molar-refractivity contribution >= 4 is 46.9 Å². The molecule has 22 nitrogen and oxygen atoms in total. The second-order valence-electron chi connectivity index (χ2n) is 20.3. The monoisotopic (exact) mass is 1020 g/mol. The van der Waals surface area contributed by atoms with Crippen LogP contribution in [0.25, 0.3) is 0 Å². The number of hydrogen-bond acceptors (Lipinski definition) is 17. The number of methoxy groups -OCH3 is 1. The van der Waals surface area contributed by atoms with Gasteiger partial charge in [0.1, 0.15) is 53.7 Å². The lowest BCUT2D eigenvalue weighted by atomic mass is 9.72. The zero-order chi connectivity index (χ0) is 54.0. The Morgan fingerprint density at radius 2 is 1.64 bits per heavy atom. The first-order chi connectivity index (χ1) is 34.4. The van der Waals surface area contributed by atoms with Crippen molar-refractivity contribution in [2.45, 2.75) is 147 Å². The molecule has 2 saturated heterocycles. The molecule has 0 bridgehead atoms. The Labute approximate surface area is 423 Å². The molecule has 4 aliphatic rings. The highest BCUT2D eigenvalue weighted by atomic mass is 16.7. The van der Waals surface area contributed by atoms with Gasteiger partial charge in [-0.2, -0.15) is 0 Å². The molecule has 22 heteroatoms. The van der Waals surface area contributed by atoms with E-state index in [0.717, 1.165) is 6.42 Å². The summed E-state index contributed by atoms with van der Waals surface area (Å²) >= 11 is 0. The standard InChI is InChI=1S/C51H70N6O16/c1-10-24(4)41(56(7)8)50(69)53-25(5)47(66)52-21-35(60)57-16-12-14-31(57)49(68)55-30(17-23(2)3)48(67)54-29-18-36(72-26(6)42(29)61)73-33-20-51(70,34(59)22-58)19-28-38(33)46(65)40-39(44(28)63)43(62)27-13-11-15-32(71-9)37(27)45(40)64/h11,13,15,23-26,29-31,33,36,41-42,58,61,63,65,70H,10,12,14,16-22H2,1-9H3,(H,52,66)(H,53,69)(H,54,67)(H,55,68)/t24?,25-,26?,29?,30-,31-,33-,36?,41-,42?,51-/m0/s1. The molecule has 11 atom stereocenters. The fraction of sp³-hybridized carbons (Fsp3) is 0.608. The Morgan fingerprint density at radius 1 is 0.959 bits per heavy atom. The van der Waals surface area contributed by atoms with Gasteiger partial charge < -0.3 is 65.9 Å². The summed E-state index contributed by atoms with van der Waals surface area (Å²) in [6, 6.07) is -0.434. The van der Waals surface area contributed by atoms with Gasteiger partial charge in [0.05, 0.1) is 54.6 Å². The Bertz CT molecular complexity index is 2500. The Hall–Kier alpha value is -6.04. The number of nitrogens with zero attached hydrogens (tertiary/aromatic N) is 2. The summed E-state index contributed by atoms with van der Waals surface area (Å²) in [7, 11) is 4.84. The van der Waals surface area contributed by atoms with Crippen molar-refractivity contribution in [2.75, 3.05) is 40.9 Å². The molecule has 0 radical (unpaired) electrons. The Kier molecular flexibility index (Phi) is 17.7. The van der Waals surface area contributed by atoms with Gasteiger partial charge in [-0.05, 0) is 65.1 Å². The third-order valence-electron chi connectivity index (χ3n) is 14.5. The van der Waals surface area contributed by atoms with Crippen molar-refractivity contribution in [3.63, 3.8) is 0 Å². The van der Waals surface area contributed by atoms with E-state index < -0.39 is 150 Å². The number of ketones is 3. The molecular formula is C51H70N6O16. The average molecular weight is 1020 g/mol. The number of ether oxygens (including phenoxy) is 3. The van der Waals surface area contributed by atoms with E-state index in [-0.39, 0.29) is 71.6 Å². The van der Waals surface area contributed by atoms with Crippen molar-refractivity contribution < 1.29 is 78.1 Å². The van der Waals surface area contributed by atoms with Gasteiger partial charge >= 0.3 is 0 Å². The van der Waals surface area contributed by atoms with Crippen LogP contribution in [0.3, 0.4) is 0 Å². The van der Waals surface area contributed by atoms with Gasteiger partial charge in [0.15, 0.2) is 17.9 Å². The van der Waals surface area contributed by atoms with Crippen molar-refractivity contribution in [3.8, 4) is 17.2 Å². The van der Waals surface area contributed by atoms with E-state index in [2.05, 4.69) is 21.3 Å². The minimum atomic E-state index is -2.42. The number of hydrogen-bond donors (Lipinski definition) is 9. The number of Topliss-reactive ketones (excluding diaryl/α,β-unsaturated/α-hetero) is 1. The van der Waals surface area contributed by atoms with Crippen LogP contribution in [0.1, 0.15) is 129 Å². The first-order valence-electron chi connectivity index (χ1n) is 24.8. The number of carbonyl (C=O) groups is 8. The van der Waals surface area contributed by atoms with E-state index in [1.54, 1.807) is 19.0 Å². The molecule has 5 unspecified atom stereocenters. The first kappa shape index (κ1) is 56.3. The smallest absolute Gasteiger partial charge is 0.243 e. The molecule has 73 heavy (non-hydrogen) atoms. The number of rotatable bonds is 19. The lowest BCUT2D eigenvalue weighted by Crippen LogP contribution is -2.60. The summed E-state index contributed by atoms with van der Waals surface area (Å²) in [6.45, 7) is 9.20. The van der Waals surface area contributed by atoms with E-state index in [1.807, 2.05) is 27.7 Å². The van der Waals surface area contributed by atoms with Gasteiger partial charge in [-0.1, -0.05) is 46.2 Å². The predicted molar refractivity (Wildman–Crippen MR) is 259 cm³/mol. The molecule has 2 aromatic rings. The predicted octanol–water partition coefficient (Wildman–Crippen LogP) is 0.278.